The van der Waals surface area contributed by atoms with Crippen LogP contribution in [-0.2, 0) is 0 Å². The van der Waals surface area contributed by atoms with E-state index in [-0.39, 0.29) is 5.91 Å². The summed E-state index contributed by atoms with van der Waals surface area (Å²) in [6.07, 6.45) is 9.55. The van der Waals surface area contributed by atoms with E-state index in [0.29, 0.717) is 11.5 Å². The minimum Gasteiger partial charge on any atom is -0.348 e. The number of hydrogen-bond acceptors (Lipinski definition) is 2. The van der Waals surface area contributed by atoms with Crippen LogP contribution >= 0.6 is 11.3 Å². The Labute approximate surface area is 144 Å². The van der Waals surface area contributed by atoms with Crippen molar-refractivity contribution in [1.29, 1.82) is 0 Å². The van der Waals surface area contributed by atoms with Gasteiger partial charge in [0.05, 0.1) is 4.88 Å². The molecule has 1 aromatic heterocycles. The number of rotatable bonds is 4. The van der Waals surface area contributed by atoms with Gasteiger partial charge in [0.1, 0.15) is 0 Å². The van der Waals surface area contributed by atoms with Crippen LogP contribution in [0, 0.1) is 37.0 Å². The van der Waals surface area contributed by atoms with Gasteiger partial charge in [-0.1, -0.05) is 6.92 Å². The van der Waals surface area contributed by atoms with Crippen molar-refractivity contribution in [3.63, 3.8) is 0 Å². The lowest BCUT2D eigenvalue weighted by atomic mass is 9.47. The van der Waals surface area contributed by atoms with Crippen LogP contribution in [0.15, 0.2) is 6.07 Å². The van der Waals surface area contributed by atoms with Crippen molar-refractivity contribution >= 4 is 17.2 Å². The Morgan fingerprint density at radius 3 is 2.22 bits per heavy atom. The Hall–Kier alpha value is -0.830. The molecule has 0 aromatic carbocycles. The molecule has 4 bridgehead atoms. The molecule has 0 unspecified atom stereocenters. The van der Waals surface area contributed by atoms with Crippen LogP contribution in [0.2, 0.25) is 0 Å². The van der Waals surface area contributed by atoms with E-state index in [1.54, 1.807) is 11.3 Å². The van der Waals surface area contributed by atoms with Crippen LogP contribution in [0.1, 0.15) is 72.0 Å². The monoisotopic (exact) mass is 331 g/mol. The molecule has 0 radical (unpaired) electrons. The quantitative estimate of drug-likeness (QED) is 0.818. The summed E-state index contributed by atoms with van der Waals surface area (Å²) < 4.78 is 0. The number of thiophene rings is 1. The first-order valence-corrected chi connectivity index (χ1v) is 10.2. The summed E-state index contributed by atoms with van der Waals surface area (Å²) in [6.45, 7) is 6.46. The number of nitrogens with one attached hydrogen (secondary N) is 1. The molecule has 4 aliphatic rings. The van der Waals surface area contributed by atoms with Crippen molar-refractivity contribution in [3.8, 4) is 0 Å². The summed E-state index contributed by atoms with van der Waals surface area (Å²) in [6, 6.07) is 2.42. The minimum absolute atomic E-state index is 0.161. The first kappa shape index (κ1) is 15.7. The molecule has 4 saturated carbocycles. The molecular formula is C20H29NOS. The van der Waals surface area contributed by atoms with Crippen molar-refractivity contribution in [1.82, 2.24) is 5.32 Å². The summed E-state index contributed by atoms with van der Waals surface area (Å²) in [5, 5.41) is 3.45. The van der Waals surface area contributed by atoms with E-state index in [9.17, 15) is 4.79 Å². The van der Waals surface area contributed by atoms with Crippen LogP contribution in [-0.4, -0.2) is 11.9 Å². The third-order valence-electron chi connectivity index (χ3n) is 6.93. The van der Waals surface area contributed by atoms with Crippen molar-refractivity contribution < 1.29 is 4.79 Å². The van der Waals surface area contributed by atoms with Crippen molar-refractivity contribution in [2.45, 2.75) is 71.8 Å². The van der Waals surface area contributed by atoms with Crippen LogP contribution in [0.25, 0.3) is 0 Å². The second-order valence-corrected chi connectivity index (χ2v) is 9.82. The van der Waals surface area contributed by atoms with Crippen LogP contribution < -0.4 is 5.32 Å². The summed E-state index contributed by atoms with van der Waals surface area (Å²) in [5.41, 5.74) is 1.64. The maximum atomic E-state index is 12.8. The number of hydrogen-bond donors (Lipinski definition) is 1. The Balaban J connectivity index is 1.53. The van der Waals surface area contributed by atoms with Gasteiger partial charge < -0.3 is 5.32 Å². The average molecular weight is 332 g/mol. The Morgan fingerprint density at radius 2 is 1.78 bits per heavy atom. The molecule has 0 spiro atoms. The number of aryl methyl sites for hydroxylation is 2. The van der Waals surface area contributed by atoms with Crippen molar-refractivity contribution in [2.75, 3.05) is 0 Å². The zero-order chi connectivity index (χ0) is 16.2. The Morgan fingerprint density at radius 1 is 1.22 bits per heavy atom. The third-order valence-corrected chi connectivity index (χ3v) is 8.08. The zero-order valence-corrected chi connectivity index (χ0v) is 15.5. The van der Waals surface area contributed by atoms with E-state index >= 15 is 0 Å². The van der Waals surface area contributed by atoms with Crippen LogP contribution in [0.5, 0.6) is 0 Å². The first-order valence-electron chi connectivity index (χ1n) is 9.37. The fraction of sp³-hybridized carbons (Fsp3) is 0.750. The van der Waals surface area contributed by atoms with Gasteiger partial charge in [-0.25, -0.2) is 0 Å². The summed E-state index contributed by atoms with van der Waals surface area (Å²) in [4.78, 5) is 14.9. The van der Waals surface area contributed by atoms with E-state index in [4.69, 9.17) is 0 Å². The molecule has 1 amide bonds. The topological polar surface area (TPSA) is 29.1 Å². The lowest BCUT2D eigenvalue weighted by molar-refractivity contribution is -0.0727. The zero-order valence-electron chi connectivity index (χ0n) is 14.7. The lowest BCUT2D eigenvalue weighted by Crippen LogP contribution is -2.56. The smallest absolute Gasteiger partial charge is 0.261 e. The molecule has 0 aliphatic heterocycles. The van der Waals surface area contributed by atoms with Gasteiger partial charge in [0.25, 0.3) is 5.91 Å². The highest BCUT2D eigenvalue weighted by molar-refractivity contribution is 7.14. The highest BCUT2D eigenvalue weighted by atomic mass is 32.1. The molecule has 3 heteroatoms. The molecule has 5 rings (SSSR count). The van der Waals surface area contributed by atoms with E-state index < -0.39 is 0 Å². The molecule has 4 aliphatic carbocycles. The van der Waals surface area contributed by atoms with Crippen molar-refractivity contribution in [2.24, 2.45) is 23.2 Å². The summed E-state index contributed by atoms with van der Waals surface area (Å²) in [7, 11) is 0. The van der Waals surface area contributed by atoms with E-state index in [2.05, 4.69) is 32.2 Å². The number of carbonyl (C=O) groups is 1. The Kier molecular flexibility index (Phi) is 3.83. The fourth-order valence-electron chi connectivity index (χ4n) is 6.21. The van der Waals surface area contributed by atoms with E-state index in [0.717, 1.165) is 29.1 Å². The van der Waals surface area contributed by atoms with Gasteiger partial charge in [-0.2, -0.15) is 0 Å². The molecule has 1 heterocycles. The lowest BCUT2D eigenvalue weighted by Gasteiger charge is -2.59. The van der Waals surface area contributed by atoms with Crippen LogP contribution in [0.4, 0.5) is 0 Å². The van der Waals surface area contributed by atoms with Gasteiger partial charge in [0.15, 0.2) is 0 Å². The summed E-state index contributed by atoms with van der Waals surface area (Å²) in [5.74, 6) is 2.99. The van der Waals surface area contributed by atoms with Gasteiger partial charge in [-0.15, -0.1) is 11.3 Å². The second kappa shape index (κ2) is 5.61. The Bertz CT molecular complexity index is 562. The largest absolute Gasteiger partial charge is 0.348 e. The van der Waals surface area contributed by atoms with Gasteiger partial charge in [0, 0.05) is 10.9 Å². The first-order chi connectivity index (χ1) is 11.0. The molecule has 1 atom stereocenters. The standard InChI is InChI=1S/C20H29NOS/c1-4-18(21-19(22)17-5-12(2)13(3)23-17)20-9-14-6-15(10-20)8-16(7-14)11-20/h5,14-16,18H,4,6-11H2,1-3H3,(H,21,22)/t14?,15?,16?,18-,20?/m1/s1. The maximum absolute atomic E-state index is 12.8. The predicted molar refractivity (Wildman–Crippen MR) is 95.9 cm³/mol. The number of carbonyl (C=O) groups excluding carboxylic acids is 1. The van der Waals surface area contributed by atoms with Gasteiger partial charge in [-0.05, 0) is 93.6 Å². The van der Waals surface area contributed by atoms with E-state index in [1.807, 2.05) is 0 Å². The molecule has 23 heavy (non-hydrogen) atoms. The highest BCUT2D eigenvalue weighted by Crippen LogP contribution is 2.61. The molecule has 4 fully saturated rings. The predicted octanol–water partition coefficient (Wildman–Crippen LogP) is 5.09. The van der Waals surface area contributed by atoms with Gasteiger partial charge >= 0.3 is 0 Å². The molecule has 1 N–H and O–H groups in total. The van der Waals surface area contributed by atoms with Gasteiger partial charge in [0.2, 0.25) is 0 Å². The molecule has 0 saturated heterocycles. The van der Waals surface area contributed by atoms with Crippen molar-refractivity contribution in [3.05, 3.63) is 21.4 Å². The minimum atomic E-state index is 0.161. The second-order valence-electron chi connectivity index (χ2n) is 8.56. The molecule has 1 aromatic rings. The molecule has 2 nitrogen and oxygen atoms in total. The normalized spacial score (nSPS) is 36.2. The maximum Gasteiger partial charge on any atom is 0.261 e. The molecule has 126 valence electrons. The SMILES string of the molecule is CC[C@@H](NC(=O)c1cc(C)c(C)s1)C12CC3CC(CC(C3)C1)C2. The van der Waals surface area contributed by atoms with E-state index in [1.165, 1.54) is 49.0 Å². The average Bonchev–Trinajstić information content (AvgIpc) is 2.82. The number of amides is 1. The summed E-state index contributed by atoms with van der Waals surface area (Å²) >= 11 is 1.64. The fourth-order valence-corrected chi connectivity index (χ4v) is 7.14. The molecular weight excluding hydrogens is 302 g/mol. The third kappa shape index (κ3) is 2.65. The van der Waals surface area contributed by atoms with Crippen LogP contribution in [0.3, 0.4) is 0 Å². The van der Waals surface area contributed by atoms with Gasteiger partial charge in [-0.3, -0.25) is 4.79 Å². The highest BCUT2D eigenvalue weighted by Gasteiger charge is 2.54.